The van der Waals surface area contributed by atoms with Crippen molar-refractivity contribution in [2.24, 2.45) is 0 Å². The van der Waals surface area contributed by atoms with Gasteiger partial charge in [-0.15, -0.1) is 0 Å². The van der Waals surface area contributed by atoms with Gasteiger partial charge in [-0.3, -0.25) is 9.59 Å². The molecule has 0 aromatic heterocycles. The van der Waals surface area contributed by atoms with Gasteiger partial charge >= 0.3 is 11.9 Å². The van der Waals surface area contributed by atoms with E-state index in [0.29, 0.717) is 19.3 Å². The van der Waals surface area contributed by atoms with Crippen LogP contribution in [0.5, 0.6) is 0 Å². The number of hydrogen-bond acceptors (Lipinski definition) is 7. The van der Waals surface area contributed by atoms with Crippen molar-refractivity contribution in [2.45, 2.75) is 109 Å². The Balaban J connectivity index is 3.01. The second-order valence-corrected chi connectivity index (χ2v) is 13.7. The maximum atomic E-state index is 12.2. The molecule has 0 bridgehead atoms. The minimum absolute atomic E-state index is 0.0443. The Bertz CT molecular complexity index is 515. The topological polar surface area (TPSA) is 91.3 Å². The highest BCUT2D eigenvalue weighted by atomic mass is 28.4. The zero-order valence-corrected chi connectivity index (χ0v) is 19.4. The second kappa shape index (κ2) is 10.7. The molecule has 28 heavy (non-hydrogen) atoms. The number of aliphatic hydroxyl groups excluding tert-OH is 1. The molecule has 0 aromatic carbocycles. The summed E-state index contributed by atoms with van der Waals surface area (Å²) in [5.41, 5.74) is 0. The molecule has 1 N–H and O–H groups in total. The van der Waals surface area contributed by atoms with Crippen molar-refractivity contribution in [3.05, 3.63) is 0 Å². The average Bonchev–Trinajstić information content (AvgIpc) is 2.54. The molecule has 0 amide bonds. The van der Waals surface area contributed by atoms with Gasteiger partial charge in [0, 0.05) is 19.3 Å². The predicted octanol–water partition coefficient (Wildman–Crippen LogP) is 3.54. The van der Waals surface area contributed by atoms with Crippen LogP contribution in [-0.4, -0.2) is 56.6 Å². The number of rotatable bonds is 9. The van der Waals surface area contributed by atoms with Crippen molar-refractivity contribution >= 4 is 20.3 Å². The first-order valence-electron chi connectivity index (χ1n) is 10.3. The number of aliphatic hydroxyl groups is 1. The van der Waals surface area contributed by atoms with Crippen molar-refractivity contribution < 1.29 is 33.3 Å². The Labute approximate surface area is 170 Å². The molecule has 1 fully saturated rings. The molecule has 8 heteroatoms. The van der Waals surface area contributed by atoms with Gasteiger partial charge in [-0.1, -0.05) is 34.6 Å². The molecule has 0 aromatic rings. The van der Waals surface area contributed by atoms with Gasteiger partial charge in [-0.25, -0.2) is 0 Å². The Hall–Kier alpha value is -0.963. The maximum absolute atomic E-state index is 12.2. The van der Waals surface area contributed by atoms with E-state index in [9.17, 15) is 14.7 Å². The van der Waals surface area contributed by atoms with Gasteiger partial charge in [0.1, 0.15) is 12.7 Å². The number of ether oxygens (including phenoxy) is 3. The van der Waals surface area contributed by atoms with E-state index in [0.717, 1.165) is 0 Å². The highest BCUT2D eigenvalue weighted by molar-refractivity contribution is 6.74. The first-order chi connectivity index (χ1) is 12.9. The summed E-state index contributed by atoms with van der Waals surface area (Å²) in [6.07, 6.45) is -0.932. The van der Waals surface area contributed by atoms with E-state index >= 15 is 0 Å². The van der Waals surface area contributed by atoms with E-state index in [1.807, 2.05) is 13.8 Å². The molecule has 1 rings (SSSR count). The fourth-order valence-corrected chi connectivity index (χ4v) is 4.07. The predicted molar refractivity (Wildman–Crippen MR) is 108 cm³/mol. The monoisotopic (exact) mass is 418 g/mol. The minimum atomic E-state index is -2.19. The van der Waals surface area contributed by atoms with Crippen LogP contribution in [0.2, 0.25) is 18.1 Å². The molecule has 0 aliphatic carbocycles. The van der Waals surface area contributed by atoms with Crippen LogP contribution >= 0.6 is 0 Å². The fourth-order valence-electron chi connectivity index (χ4n) is 2.73. The Kier molecular flexibility index (Phi) is 9.59. The summed E-state index contributed by atoms with van der Waals surface area (Å²) in [6, 6.07) is 0. The molecule has 0 spiro atoms. The van der Waals surface area contributed by atoms with Crippen LogP contribution in [0.4, 0.5) is 0 Å². The SMILES string of the molecule is CCCC(=O)OC[C@H]1OC(O)C[C@@H](O[Si](C)(C)C(C)(C)C)[C@@H]1OC(=O)CCC. The molecule has 164 valence electrons. The van der Waals surface area contributed by atoms with Gasteiger partial charge in [0.15, 0.2) is 20.7 Å². The number of carbonyl (C=O) groups excluding carboxylic acids is 2. The smallest absolute Gasteiger partial charge is 0.306 e. The Morgan fingerprint density at radius 3 is 2.21 bits per heavy atom. The van der Waals surface area contributed by atoms with Crippen molar-refractivity contribution in [3.63, 3.8) is 0 Å². The first-order valence-corrected chi connectivity index (χ1v) is 13.2. The first kappa shape index (κ1) is 25.1. The summed E-state index contributed by atoms with van der Waals surface area (Å²) >= 11 is 0. The van der Waals surface area contributed by atoms with Crippen molar-refractivity contribution in [1.82, 2.24) is 0 Å². The van der Waals surface area contributed by atoms with Crippen LogP contribution in [0.25, 0.3) is 0 Å². The zero-order valence-electron chi connectivity index (χ0n) is 18.4. The number of esters is 2. The average molecular weight is 419 g/mol. The van der Waals surface area contributed by atoms with E-state index in [-0.39, 0.29) is 36.4 Å². The molecular weight excluding hydrogens is 380 g/mol. The molecule has 0 saturated carbocycles. The third-order valence-electron chi connectivity index (χ3n) is 5.34. The molecule has 0 radical (unpaired) electrons. The lowest BCUT2D eigenvalue weighted by Gasteiger charge is -2.45. The molecule has 1 heterocycles. The zero-order chi connectivity index (χ0) is 21.5. The minimum Gasteiger partial charge on any atom is -0.463 e. The number of hydrogen-bond donors (Lipinski definition) is 1. The summed E-state index contributed by atoms with van der Waals surface area (Å²) in [4.78, 5) is 24.0. The largest absolute Gasteiger partial charge is 0.463 e. The van der Waals surface area contributed by atoms with Gasteiger partial charge in [-0.2, -0.15) is 0 Å². The molecule has 1 aliphatic heterocycles. The van der Waals surface area contributed by atoms with Gasteiger partial charge < -0.3 is 23.7 Å². The van der Waals surface area contributed by atoms with E-state index in [2.05, 4.69) is 33.9 Å². The van der Waals surface area contributed by atoms with Crippen LogP contribution < -0.4 is 0 Å². The van der Waals surface area contributed by atoms with Crippen LogP contribution in [0, 0.1) is 0 Å². The third kappa shape index (κ3) is 7.46. The summed E-state index contributed by atoms with van der Waals surface area (Å²) in [6.45, 7) is 14.3. The van der Waals surface area contributed by atoms with Crippen molar-refractivity contribution in [1.29, 1.82) is 0 Å². The normalized spacial score (nSPS) is 26.0. The Morgan fingerprint density at radius 1 is 1.11 bits per heavy atom. The van der Waals surface area contributed by atoms with Crippen LogP contribution in [0.3, 0.4) is 0 Å². The van der Waals surface area contributed by atoms with Gasteiger partial charge in [-0.05, 0) is 31.0 Å². The van der Waals surface area contributed by atoms with Gasteiger partial charge in [0.25, 0.3) is 0 Å². The molecule has 7 nitrogen and oxygen atoms in total. The van der Waals surface area contributed by atoms with E-state index in [1.54, 1.807) is 0 Å². The van der Waals surface area contributed by atoms with Gasteiger partial charge in [0.05, 0.1) is 6.10 Å². The van der Waals surface area contributed by atoms with Crippen LogP contribution in [0.15, 0.2) is 0 Å². The molecule has 4 atom stereocenters. The highest BCUT2D eigenvalue weighted by Gasteiger charge is 2.47. The fraction of sp³-hybridized carbons (Fsp3) is 0.900. The third-order valence-corrected chi connectivity index (χ3v) is 9.84. The molecular formula is C20H38O7Si. The maximum Gasteiger partial charge on any atom is 0.306 e. The second-order valence-electron chi connectivity index (χ2n) is 8.92. The van der Waals surface area contributed by atoms with Crippen LogP contribution in [0.1, 0.15) is 66.7 Å². The lowest BCUT2D eigenvalue weighted by molar-refractivity contribution is -0.247. The Morgan fingerprint density at radius 2 is 1.68 bits per heavy atom. The van der Waals surface area contributed by atoms with E-state index in [4.69, 9.17) is 18.6 Å². The lowest BCUT2D eigenvalue weighted by Crippen LogP contribution is -2.57. The standard InChI is InChI=1S/C20H38O7Si/c1-8-10-16(21)24-13-15-19(26-17(22)11-9-2)14(12-18(23)25-15)27-28(6,7)20(3,4)5/h14-15,18-19,23H,8-13H2,1-7H3/t14-,15-,18?,19+/m1/s1. The molecule has 1 unspecified atom stereocenters. The van der Waals surface area contributed by atoms with Crippen LogP contribution in [-0.2, 0) is 28.2 Å². The summed E-state index contributed by atoms with van der Waals surface area (Å²) < 4.78 is 23.0. The molecule has 1 saturated heterocycles. The van der Waals surface area contributed by atoms with E-state index in [1.165, 1.54) is 0 Å². The van der Waals surface area contributed by atoms with Crippen molar-refractivity contribution in [2.75, 3.05) is 6.61 Å². The highest BCUT2D eigenvalue weighted by Crippen LogP contribution is 2.39. The van der Waals surface area contributed by atoms with Gasteiger partial charge in [0.2, 0.25) is 0 Å². The van der Waals surface area contributed by atoms with Crippen molar-refractivity contribution in [3.8, 4) is 0 Å². The lowest BCUT2D eigenvalue weighted by atomic mass is 10.0. The summed E-state index contributed by atoms with van der Waals surface area (Å²) in [5, 5.41) is 10.2. The van der Waals surface area contributed by atoms with E-state index < -0.39 is 32.9 Å². The molecule has 1 aliphatic rings. The number of carbonyl (C=O) groups is 2. The quantitative estimate of drug-likeness (QED) is 0.452. The summed E-state index contributed by atoms with van der Waals surface area (Å²) in [7, 11) is -2.19. The summed E-state index contributed by atoms with van der Waals surface area (Å²) in [5.74, 6) is -0.687.